The molecule has 0 N–H and O–H groups in total. The highest BCUT2D eigenvalue weighted by atomic mass is 35.5. The quantitative estimate of drug-likeness (QED) is 0.771. The van der Waals surface area contributed by atoms with E-state index in [1.165, 1.54) is 6.07 Å². The van der Waals surface area contributed by atoms with Gasteiger partial charge in [-0.15, -0.1) is 0 Å². The van der Waals surface area contributed by atoms with Crippen LogP contribution >= 0.6 is 23.2 Å². The molecular formula is C10H5Cl2FN2O. The predicted octanol–water partition coefficient (Wildman–Crippen LogP) is 3.71. The number of aromatic nitrogens is 2. The Morgan fingerprint density at radius 3 is 2.69 bits per heavy atom. The minimum absolute atomic E-state index is 0.0664. The van der Waals surface area contributed by atoms with Gasteiger partial charge in [0.05, 0.1) is 11.1 Å². The first-order valence-electron chi connectivity index (χ1n) is 4.25. The number of ether oxygens (including phenoxy) is 1. The molecule has 82 valence electrons. The van der Waals surface area contributed by atoms with Crippen molar-refractivity contribution in [2.45, 2.75) is 0 Å². The topological polar surface area (TPSA) is 35.0 Å². The van der Waals surface area contributed by atoms with Crippen molar-refractivity contribution < 1.29 is 9.13 Å². The maximum absolute atomic E-state index is 12.8. The summed E-state index contributed by atoms with van der Waals surface area (Å²) in [6, 6.07) is 5.77. The van der Waals surface area contributed by atoms with Crippen LogP contribution in [-0.2, 0) is 0 Å². The van der Waals surface area contributed by atoms with Crippen LogP contribution in [0.15, 0.2) is 30.6 Å². The van der Waals surface area contributed by atoms with Crippen molar-refractivity contribution in [3.8, 4) is 11.6 Å². The van der Waals surface area contributed by atoms with E-state index in [1.807, 2.05) is 0 Å². The monoisotopic (exact) mass is 258 g/mol. The van der Waals surface area contributed by atoms with Crippen LogP contribution < -0.4 is 4.74 Å². The van der Waals surface area contributed by atoms with Crippen molar-refractivity contribution in [1.29, 1.82) is 0 Å². The lowest BCUT2D eigenvalue weighted by Crippen LogP contribution is -1.91. The molecule has 0 bridgehead atoms. The predicted molar refractivity (Wildman–Crippen MR) is 58.5 cm³/mol. The van der Waals surface area contributed by atoms with Gasteiger partial charge in [-0.1, -0.05) is 23.2 Å². The van der Waals surface area contributed by atoms with Gasteiger partial charge in [-0.2, -0.15) is 4.39 Å². The maximum Gasteiger partial charge on any atom is 0.225 e. The number of hydrogen-bond donors (Lipinski definition) is 0. The number of hydrogen-bond acceptors (Lipinski definition) is 3. The van der Waals surface area contributed by atoms with Crippen molar-refractivity contribution in [2.75, 3.05) is 0 Å². The van der Waals surface area contributed by atoms with Gasteiger partial charge in [-0.3, -0.25) is 0 Å². The minimum atomic E-state index is -0.678. The molecule has 0 spiro atoms. The zero-order valence-corrected chi connectivity index (χ0v) is 9.34. The largest absolute Gasteiger partial charge is 0.437 e. The average Bonchev–Trinajstić information content (AvgIpc) is 2.24. The second kappa shape index (κ2) is 4.63. The third-order valence-electron chi connectivity index (χ3n) is 1.72. The van der Waals surface area contributed by atoms with Gasteiger partial charge in [-0.05, 0) is 12.1 Å². The summed E-state index contributed by atoms with van der Waals surface area (Å²) in [5, 5.41) is 0.831. The molecule has 0 unspecified atom stereocenters. The Hall–Kier alpha value is -1.39. The Morgan fingerprint density at radius 1 is 1.12 bits per heavy atom. The fourth-order valence-corrected chi connectivity index (χ4v) is 1.36. The highest BCUT2D eigenvalue weighted by Crippen LogP contribution is 2.30. The third kappa shape index (κ3) is 2.59. The molecule has 0 aliphatic heterocycles. The van der Waals surface area contributed by atoms with Crippen molar-refractivity contribution in [3.63, 3.8) is 0 Å². The van der Waals surface area contributed by atoms with E-state index >= 15 is 0 Å². The van der Waals surface area contributed by atoms with Crippen LogP contribution in [0.4, 0.5) is 4.39 Å². The van der Waals surface area contributed by atoms with Gasteiger partial charge in [0, 0.05) is 11.1 Å². The summed E-state index contributed by atoms with van der Waals surface area (Å²) in [5.41, 5.74) is 0. The number of nitrogens with zero attached hydrogens (tertiary/aromatic N) is 2. The molecule has 2 rings (SSSR count). The fraction of sp³-hybridized carbons (Fsp3) is 0. The average molecular weight is 259 g/mol. The van der Waals surface area contributed by atoms with E-state index in [9.17, 15) is 4.39 Å². The van der Waals surface area contributed by atoms with Gasteiger partial charge in [0.25, 0.3) is 0 Å². The molecule has 0 saturated heterocycles. The Morgan fingerprint density at radius 2 is 1.94 bits per heavy atom. The molecule has 1 aromatic carbocycles. The Bertz CT molecular complexity index is 522. The van der Waals surface area contributed by atoms with Crippen LogP contribution in [0, 0.1) is 5.95 Å². The first-order valence-corrected chi connectivity index (χ1v) is 5.01. The highest BCUT2D eigenvalue weighted by Gasteiger charge is 2.06. The lowest BCUT2D eigenvalue weighted by molar-refractivity contribution is 0.451. The molecule has 0 fully saturated rings. The molecule has 0 radical (unpaired) electrons. The molecule has 0 aliphatic carbocycles. The summed E-state index contributed by atoms with van der Waals surface area (Å²) < 4.78 is 18.0. The Kier molecular flexibility index (Phi) is 3.22. The number of rotatable bonds is 2. The van der Waals surface area contributed by atoms with E-state index in [4.69, 9.17) is 27.9 Å². The van der Waals surface area contributed by atoms with E-state index in [0.717, 1.165) is 12.4 Å². The first-order chi connectivity index (χ1) is 7.65. The minimum Gasteiger partial charge on any atom is -0.437 e. The van der Waals surface area contributed by atoms with Crippen LogP contribution in [0.1, 0.15) is 0 Å². The molecule has 2 aromatic rings. The molecule has 6 heteroatoms. The summed E-state index contributed by atoms with van der Waals surface area (Å²) in [5.74, 6) is -0.299. The van der Waals surface area contributed by atoms with Crippen LogP contribution in [0.5, 0.6) is 11.6 Å². The zero-order chi connectivity index (χ0) is 11.5. The molecular weight excluding hydrogens is 254 g/mol. The van der Waals surface area contributed by atoms with Gasteiger partial charge in [0.1, 0.15) is 12.1 Å². The zero-order valence-electron chi connectivity index (χ0n) is 7.82. The van der Waals surface area contributed by atoms with Gasteiger partial charge in [0.15, 0.2) is 0 Å². The SMILES string of the molecule is Fc1cc(Oc2cc(Cl)ccc2Cl)ncn1. The Labute approximate surface area is 101 Å². The second-order valence-electron chi connectivity index (χ2n) is 2.86. The summed E-state index contributed by atoms with van der Waals surface area (Å²) in [6.45, 7) is 0. The molecule has 16 heavy (non-hydrogen) atoms. The fourth-order valence-electron chi connectivity index (χ4n) is 1.04. The normalized spacial score (nSPS) is 10.2. The van der Waals surface area contributed by atoms with Crippen LogP contribution in [-0.4, -0.2) is 9.97 Å². The van der Waals surface area contributed by atoms with E-state index in [0.29, 0.717) is 15.8 Å². The molecule has 0 atom stereocenters. The lowest BCUT2D eigenvalue weighted by Gasteiger charge is -2.06. The van der Waals surface area contributed by atoms with Gasteiger partial charge < -0.3 is 4.74 Å². The van der Waals surface area contributed by atoms with Crippen molar-refractivity contribution in [2.24, 2.45) is 0 Å². The second-order valence-corrected chi connectivity index (χ2v) is 3.70. The van der Waals surface area contributed by atoms with E-state index in [1.54, 1.807) is 12.1 Å². The summed E-state index contributed by atoms with van der Waals surface area (Å²) in [4.78, 5) is 7.04. The van der Waals surface area contributed by atoms with Crippen LogP contribution in [0.3, 0.4) is 0 Å². The van der Waals surface area contributed by atoms with Gasteiger partial charge in [-0.25, -0.2) is 9.97 Å². The van der Waals surface area contributed by atoms with E-state index in [-0.39, 0.29) is 5.88 Å². The molecule has 1 aromatic heterocycles. The first kappa shape index (κ1) is 11.1. The summed E-state index contributed by atoms with van der Waals surface area (Å²) in [6.07, 6.45) is 1.06. The van der Waals surface area contributed by atoms with Crippen molar-refractivity contribution in [3.05, 3.63) is 46.6 Å². The summed E-state index contributed by atoms with van der Waals surface area (Å²) >= 11 is 11.6. The summed E-state index contributed by atoms with van der Waals surface area (Å²) in [7, 11) is 0. The highest BCUT2D eigenvalue weighted by molar-refractivity contribution is 6.34. The van der Waals surface area contributed by atoms with Gasteiger partial charge in [0.2, 0.25) is 11.8 Å². The van der Waals surface area contributed by atoms with E-state index < -0.39 is 5.95 Å². The number of halogens is 3. The smallest absolute Gasteiger partial charge is 0.225 e. The standard InChI is InChI=1S/C10H5Cl2FN2O/c11-6-1-2-7(12)8(3-6)16-10-4-9(13)14-5-15-10/h1-5H. The van der Waals surface area contributed by atoms with Crippen LogP contribution in [0.2, 0.25) is 10.0 Å². The maximum atomic E-state index is 12.8. The number of benzene rings is 1. The van der Waals surface area contributed by atoms with Crippen molar-refractivity contribution >= 4 is 23.2 Å². The molecule has 1 heterocycles. The van der Waals surface area contributed by atoms with E-state index in [2.05, 4.69) is 9.97 Å². The Balaban J connectivity index is 2.30. The molecule has 3 nitrogen and oxygen atoms in total. The lowest BCUT2D eigenvalue weighted by atomic mass is 10.3. The van der Waals surface area contributed by atoms with Crippen molar-refractivity contribution in [1.82, 2.24) is 9.97 Å². The molecule has 0 saturated carbocycles. The van der Waals surface area contributed by atoms with Crippen LogP contribution in [0.25, 0.3) is 0 Å². The molecule has 0 aliphatic rings. The van der Waals surface area contributed by atoms with Gasteiger partial charge >= 0.3 is 0 Å². The molecule has 0 amide bonds. The third-order valence-corrected chi connectivity index (χ3v) is 2.26.